The average molecular weight is 224 g/mol. The molecule has 1 heterocycles. The van der Waals surface area contributed by atoms with Gasteiger partial charge in [0, 0.05) is 0 Å². The molecule has 0 atom stereocenters. The van der Waals surface area contributed by atoms with E-state index in [-0.39, 0.29) is 0 Å². The van der Waals surface area contributed by atoms with Crippen LogP contribution in [0, 0.1) is 6.92 Å². The Balaban J connectivity index is 3.04. The zero-order valence-corrected chi connectivity index (χ0v) is 9.90. The van der Waals surface area contributed by atoms with Crippen LogP contribution in [0.4, 0.5) is 4.79 Å². The van der Waals surface area contributed by atoms with E-state index >= 15 is 0 Å². The van der Waals surface area contributed by atoms with Gasteiger partial charge in [-0.25, -0.2) is 4.79 Å². The molecule has 0 aliphatic carbocycles. The predicted molar refractivity (Wildman–Crippen MR) is 59.2 cm³/mol. The minimum absolute atomic E-state index is 0.629. The fraction of sp³-hybridized carbons (Fsp3) is 0.455. The number of amides is 1. The molecule has 1 aromatic rings. The van der Waals surface area contributed by atoms with Crippen molar-refractivity contribution in [1.29, 1.82) is 0 Å². The van der Waals surface area contributed by atoms with Crippen molar-refractivity contribution in [3.8, 4) is 5.75 Å². The number of aromatic nitrogens is 1. The van der Waals surface area contributed by atoms with E-state index in [1.165, 1.54) is 0 Å². The van der Waals surface area contributed by atoms with Gasteiger partial charge in [0.15, 0.2) is 5.60 Å². The summed E-state index contributed by atoms with van der Waals surface area (Å²) in [5.41, 5.74) is 5.52. The number of pyridine rings is 1. The van der Waals surface area contributed by atoms with Gasteiger partial charge in [0.25, 0.3) is 0 Å². The topological polar surface area (TPSA) is 74.4 Å². The second-order valence-corrected chi connectivity index (χ2v) is 3.92. The van der Waals surface area contributed by atoms with Crippen LogP contribution in [0.1, 0.15) is 25.2 Å². The second kappa shape index (κ2) is 4.38. The largest absolute Gasteiger partial charge is 0.495 e. The van der Waals surface area contributed by atoms with Gasteiger partial charge < -0.3 is 15.2 Å². The summed E-state index contributed by atoms with van der Waals surface area (Å²) in [5, 5.41) is 0. The van der Waals surface area contributed by atoms with E-state index < -0.39 is 11.7 Å². The molecular weight excluding hydrogens is 208 g/mol. The van der Waals surface area contributed by atoms with E-state index in [0.29, 0.717) is 11.4 Å². The molecule has 1 rings (SSSR count). The fourth-order valence-corrected chi connectivity index (χ4v) is 1.40. The number of nitrogens with zero attached hydrogens (tertiary/aromatic N) is 1. The Kier molecular flexibility index (Phi) is 3.37. The quantitative estimate of drug-likeness (QED) is 0.848. The normalized spacial score (nSPS) is 11.0. The Morgan fingerprint density at radius 1 is 1.44 bits per heavy atom. The molecule has 1 amide bonds. The lowest BCUT2D eigenvalue weighted by atomic mass is 10.0. The molecule has 0 fully saturated rings. The highest BCUT2D eigenvalue weighted by Gasteiger charge is 2.26. The number of hydrogen-bond acceptors (Lipinski definition) is 4. The summed E-state index contributed by atoms with van der Waals surface area (Å²) in [7, 11) is 1.58. The van der Waals surface area contributed by atoms with E-state index in [0.717, 1.165) is 5.69 Å². The van der Waals surface area contributed by atoms with Gasteiger partial charge in [-0.15, -0.1) is 0 Å². The second-order valence-electron chi connectivity index (χ2n) is 3.92. The lowest BCUT2D eigenvalue weighted by Crippen LogP contribution is -2.29. The van der Waals surface area contributed by atoms with Crippen molar-refractivity contribution in [2.45, 2.75) is 26.4 Å². The van der Waals surface area contributed by atoms with Crippen molar-refractivity contribution in [2.24, 2.45) is 5.73 Å². The molecule has 5 heteroatoms. The van der Waals surface area contributed by atoms with E-state index in [4.69, 9.17) is 15.2 Å². The van der Waals surface area contributed by atoms with Gasteiger partial charge >= 0.3 is 6.09 Å². The number of rotatable bonds is 3. The molecular formula is C11H16N2O3. The third kappa shape index (κ3) is 2.62. The van der Waals surface area contributed by atoms with Gasteiger partial charge in [0.2, 0.25) is 0 Å². The summed E-state index contributed by atoms with van der Waals surface area (Å²) in [5.74, 6) is 0.693. The molecule has 16 heavy (non-hydrogen) atoms. The number of methoxy groups -OCH3 is 1. The number of primary amides is 1. The summed E-state index contributed by atoms with van der Waals surface area (Å²) in [6.07, 6.45) is -0.819. The first-order valence-electron chi connectivity index (χ1n) is 4.87. The highest BCUT2D eigenvalue weighted by Crippen LogP contribution is 2.25. The number of ether oxygens (including phenoxy) is 2. The molecule has 0 saturated heterocycles. The zero-order valence-electron chi connectivity index (χ0n) is 9.90. The van der Waals surface area contributed by atoms with Crippen molar-refractivity contribution >= 4 is 6.09 Å². The summed E-state index contributed by atoms with van der Waals surface area (Å²) in [6.45, 7) is 5.28. The Bertz CT molecular complexity index is 402. The molecule has 88 valence electrons. The monoisotopic (exact) mass is 224 g/mol. The minimum atomic E-state index is -0.844. The van der Waals surface area contributed by atoms with Gasteiger partial charge in [-0.3, -0.25) is 4.98 Å². The molecule has 0 bridgehead atoms. The molecule has 0 aliphatic heterocycles. The van der Waals surface area contributed by atoms with Crippen molar-refractivity contribution in [3.05, 3.63) is 23.5 Å². The lowest BCUT2D eigenvalue weighted by molar-refractivity contribution is 0.0398. The summed E-state index contributed by atoms with van der Waals surface area (Å²) in [4.78, 5) is 15.1. The number of nitrogens with two attached hydrogens (primary N) is 1. The third-order valence-corrected chi connectivity index (χ3v) is 2.23. The Morgan fingerprint density at radius 3 is 2.50 bits per heavy atom. The molecule has 0 spiro atoms. The Hall–Kier alpha value is -1.78. The van der Waals surface area contributed by atoms with Crippen LogP contribution < -0.4 is 10.5 Å². The molecule has 0 unspecified atom stereocenters. The van der Waals surface area contributed by atoms with Crippen LogP contribution in [0.25, 0.3) is 0 Å². The third-order valence-electron chi connectivity index (χ3n) is 2.23. The SMILES string of the molecule is COc1ccc(C(C)(C)OC(N)=O)nc1C. The highest BCUT2D eigenvalue weighted by atomic mass is 16.6. The first-order chi connectivity index (χ1) is 7.36. The molecule has 2 N–H and O–H groups in total. The van der Waals surface area contributed by atoms with Crippen molar-refractivity contribution < 1.29 is 14.3 Å². The van der Waals surface area contributed by atoms with Crippen LogP contribution in [0.5, 0.6) is 5.75 Å². The summed E-state index contributed by atoms with van der Waals surface area (Å²) < 4.78 is 10.1. The summed E-state index contributed by atoms with van der Waals surface area (Å²) >= 11 is 0. The molecule has 0 radical (unpaired) electrons. The van der Waals surface area contributed by atoms with Crippen LogP contribution in [-0.4, -0.2) is 18.2 Å². The Labute approximate surface area is 94.6 Å². The van der Waals surface area contributed by atoms with Gasteiger partial charge in [0.05, 0.1) is 18.5 Å². The number of carbonyl (C=O) groups excluding carboxylic acids is 1. The molecule has 0 aliphatic rings. The van der Waals surface area contributed by atoms with Gasteiger partial charge in [0.1, 0.15) is 5.75 Å². The average Bonchev–Trinajstić information content (AvgIpc) is 2.15. The number of aryl methyl sites for hydroxylation is 1. The smallest absolute Gasteiger partial charge is 0.405 e. The van der Waals surface area contributed by atoms with Crippen molar-refractivity contribution in [3.63, 3.8) is 0 Å². The van der Waals surface area contributed by atoms with E-state index in [1.54, 1.807) is 33.1 Å². The van der Waals surface area contributed by atoms with E-state index in [9.17, 15) is 4.79 Å². The fourth-order valence-electron chi connectivity index (χ4n) is 1.40. The standard InChI is InChI=1S/C11H16N2O3/c1-7-8(15-4)5-6-9(13-7)11(2,3)16-10(12)14/h5-6H,1-4H3,(H2,12,14). The minimum Gasteiger partial charge on any atom is -0.495 e. The number of carbonyl (C=O) groups is 1. The first-order valence-corrected chi connectivity index (χ1v) is 4.87. The molecule has 0 aromatic carbocycles. The van der Waals surface area contributed by atoms with Crippen LogP contribution in [0.2, 0.25) is 0 Å². The maximum Gasteiger partial charge on any atom is 0.405 e. The van der Waals surface area contributed by atoms with Gasteiger partial charge in [-0.05, 0) is 32.9 Å². The van der Waals surface area contributed by atoms with Gasteiger partial charge in [-0.1, -0.05) is 0 Å². The van der Waals surface area contributed by atoms with Gasteiger partial charge in [-0.2, -0.15) is 0 Å². The molecule has 5 nitrogen and oxygen atoms in total. The lowest BCUT2D eigenvalue weighted by Gasteiger charge is -2.23. The predicted octanol–water partition coefficient (Wildman–Crippen LogP) is 1.73. The highest BCUT2D eigenvalue weighted by molar-refractivity contribution is 5.65. The van der Waals surface area contributed by atoms with Crippen molar-refractivity contribution in [1.82, 2.24) is 4.98 Å². The maximum absolute atomic E-state index is 10.7. The Morgan fingerprint density at radius 2 is 2.06 bits per heavy atom. The zero-order chi connectivity index (χ0) is 12.3. The number of hydrogen-bond donors (Lipinski definition) is 1. The molecule has 0 saturated carbocycles. The molecule has 1 aromatic heterocycles. The van der Waals surface area contributed by atoms with Crippen molar-refractivity contribution in [2.75, 3.05) is 7.11 Å². The van der Waals surface area contributed by atoms with Crippen LogP contribution in [0.3, 0.4) is 0 Å². The van der Waals surface area contributed by atoms with E-state index in [2.05, 4.69) is 4.98 Å². The maximum atomic E-state index is 10.7. The van der Waals surface area contributed by atoms with E-state index in [1.807, 2.05) is 6.92 Å². The van der Waals surface area contributed by atoms with Crippen LogP contribution in [0.15, 0.2) is 12.1 Å². The van der Waals surface area contributed by atoms with Crippen LogP contribution >= 0.6 is 0 Å². The first kappa shape index (κ1) is 12.3. The van der Waals surface area contributed by atoms with Crippen LogP contribution in [-0.2, 0) is 10.3 Å². The summed E-state index contributed by atoms with van der Waals surface area (Å²) in [6, 6.07) is 3.53.